The predicted molar refractivity (Wildman–Crippen MR) is 113 cm³/mol. The first-order valence-electron chi connectivity index (χ1n) is 9.00. The molecule has 0 saturated carbocycles. The third-order valence-corrected chi connectivity index (χ3v) is 5.31. The number of aryl methyl sites for hydroxylation is 1. The number of nitrogens with one attached hydrogen (secondary N) is 1. The van der Waals surface area contributed by atoms with Crippen LogP contribution in [0.3, 0.4) is 0 Å². The molecule has 1 heterocycles. The van der Waals surface area contributed by atoms with Crippen LogP contribution < -0.4 is 5.43 Å². The van der Waals surface area contributed by atoms with Crippen LogP contribution in [0.5, 0.6) is 0 Å². The number of benzene rings is 2. The van der Waals surface area contributed by atoms with E-state index >= 15 is 0 Å². The van der Waals surface area contributed by atoms with Crippen molar-refractivity contribution in [3.63, 3.8) is 0 Å². The molecule has 0 saturated heterocycles. The molecule has 3 aromatic rings. The Bertz CT molecular complexity index is 983. The number of hydrogen-bond donors (Lipinski definition) is 1. The Balaban J connectivity index is 1.58. The van der Waals surface area contributed by atoms with Gasteiger partial charge in [0.1, 0.15) is 5.82 Å². The third kappa shape index (κ3) is 4.89. The van der Waals surface area contributed by atoms with E-state index in [4.69, 9.17) is 0 Å². The van der Waals surface area contributed by atoms with Crippen molar-refractivity contribution in [3.05, 3.63) is 83.4 Å². The average Bonchev–Trinajstić information content (AvgIpc) is 2.97. The van der Waals surface area contributed by atoms with Crippen LogP contribution in [0.2, 0.25) is 0 Å². The Labute approximate surface area is 168 Å². The van der Waals surface area contributed by atoms with Crippen molar-refractivity contribution in [2.75, 3.05) is 5.75 Å². The molecular formula is C22H22FN3OS. The van der Waals surface area contributed by atoms with Crippen LogP contribution in [-0.4, -0.2) is 22.4 Å². The number of thioether (sulfide) groups is 1. The van der Waals surface area contributed by atoms with Crippen molar-refractivity contribution in [2.45, 2.75) is 25.2 Å². The summed E-state index contributed by atoms with van der Waals surface area (Å²) in [6.07, 6.45) is 1.98. The molecule has 3 rings (SSSR count). The van der Waals surface area contributed by atoms with E-state index in [9.17, 15) is 9.18 Å². The molecule has 1 N–H and O–H groups in total. The lowest BCUT2D eigenvalue weighted by Crippen LogP contribution is -2.17. The van der Waals surface area contributed by atoms with E-state index in [0.717, 1.165) is 21.8 Å². The zero-order valence-corrected chi connectivity index (χ0v) is 16.7. The van der Waals surface area contributed by atoms with Crippen LogP contribution in [0.4, 0.5) is 4.39 Å². The molecule has 1 aromatic heterocycles. The summed E-state index contributed by atoms with van der Waals surface area (Å²) < 4.78 is 16.0. The quantitative estimate of drug-likeness (QED) is 0.353. The monoisotopic (exact) mass is 395 g/mol. The number of amides is 1. The second kappa shape index (κ2) is 9.37. The van der Waals surface area contributed by atoms with Gasteiger partial charge in [0.05, 0.1) is 11.9 Å². The van der Waals surface area contributed by atoms with Crippen molar-refractivity contribution in [1.29, 1.82) is 0 Å². The van der Waals surface area contributed by atoms with Gasteiger partial charge in [0.25, 0.3) is 0 Å². The smallest absolute Gasteiger partial charge is 0.240 e. The van der Waals surface area contributed by atoms with Gasteiger partial charge in [0, 0.05) is 34.0 Å². The van der Waals surface area contributed by atoms with Gasteiger partial charge >= 0.3 is 0 Å². The van der Waals surface area contributed by atoms with Crippen LogP contribution in [0.1, 0.15) is 23.4 Å². The molecule has 0 bridgehead atoms. The van der Waals surface area contributed by atoms with Gasteiger partial charge in [-0.05, 0) is 44.2 Å². The molecule has 0 atom stereocenters. The fraction of sp³-hybridized carbons (Fsp3) is 0.182. The number of para-hydroxylation sites is 1. The first-order valence-corrected chi connectivity index (χ1v) is 9.98. The Morgan fingerprint density at radius 1 is 1.14 bits per heavy atom. The largest absolute Gasteiger partial charge is 0.315 e. The van der Waals surface area contributed by atoms with Gasteiger partial charge in [0.15, 0.2) is 0 Å². The number of halogens is 1. The molecule has 2 aromatic carbocycles. The Hall–Kier alpha value is -2.86. The van der Waals surface area contributed by atoms with Crippen molar-refractivity contribution in [1.82, 2.24) is 9.99 Å². The summed E-state index contributed by atoms with van der Waals surface area (Å²) in [4.78, 5) is 13.1. The van der Waals surface area contributed by atoms with Crippen molar-refractivity contribution in [3.8, 4) is 5.69 Å². The number of aromatic nitrogens is 1. The second-order valence-electron chi connectivity index (χ2n) is 6.32. The summed E-state index contributed by atoms with van der Waals surface area (Å²) in [5.41, 5.74) is 5.65. The van der Waals surface area contributed by atoms with E-state index in [2.05, 4.69) is 10.5 Å². The average molecular weight is 396 g/mol. The molecule has 6 heteroatoms. The first-order chi connectivity index (χ1) is 13.6. The summed E-state index contributed by atoms with van der Waals surface area (Å²) in [5.74, 6) is 0.271. The standard InChI is InChI=1S/C22H22FN3OS/c1-16-14-18(17(2)26(16)21-11-7-6-10-20(21)23)15-24-25-22(27)12-13-28-19-8-4-3-5-9-19/h3-11,14-15H,12-13H2,1-2H3,(H,25,27)/b24-15+. The Morgan fingerprint density at radius 3 is 2.61 bits per heavy atom. The van der Waals surface area contributed by atoms with Gasteiger partial charge in [-0.1, -0.05) is 30.3 Å². The highest BCUT2D eigenvalue weighted by molar-refractivity contribution is 7.99. The number of carbonyl (C=O) groups is 1. The van der Waals surface area contributed by atoms with E-state index in [1.165, 1.54) is 6.07 Å². The molecule has 144 valence electrons. The fourth-order valence-electron chi connectivity index (χ4n) is 2.93. The maximum absolute atomic E-state index is 14.1. The second-order valence-corrected chi connectivity index (χ2v) is 7.49. The minimum absolute atomic E-state index is 0.136. The zero-order valence-electron chi connectivity index (χ0n) is 15.9. The van der Waals surface area contributed by atoms with E-state index in [0.29, 0.717) is 17.9 Å². The predicted octanol–water partition coefficient (Wildman–Crippen LogP) is 4.87. The number of rotatable bonds is 7. The molecule has 28 heavy (non-hydrogen) atoms. The molecule has 4 nitrogen and oxygen atoms in total. The maximum atomic E-state index is 14.1. The Kier molecular flexibility index (Phi) is 6.66. The molecule has 1 amide bonds. The van der Waals surface area contributed by atoms with Crippen molar-refractivity contribution >= 4 is 23.9 Å². The van der Waals surface area contributed by atoms with E-state index < -0.39 is 0 Å². The van der Waals surface area contributed by atoms with Gasteiger partial charge in [-0.3, -0.25) is 4.79 Å². The SMILES string of the molecule is Cc1cc(/C=N/NC(=O)CCSc2ccccc2)c(C)n1-c1ccccc1F. The minimum Gasteiger partial charge on any atom is -0.315 e. The summed E-state index contributed by atoms with van der Waals surface area (Å²) >= 11 is 1.63. The van der Waals surface area contributed by atoms with Crippen LogP contribution in [0, 0.1) is 19.7 Å². The van der Waals surface area contributed by atoms with Crippen molar-refractivity contribution < 1.29 is 9.18 Å². The lowest BCUT2D eigenvalue weighted by atomic mass is 10.2. The highest BCUT2D eigenvalue weighted by Gasteiger charge is 2.12. The van der Waals surface area contributed by atoms with Crippen molar-refractivity contribution in [2.24, 2.45) is 5.10 Å². The van der Waals surface area contributed by atoms with Crippen LogP contribution in [0.15, 0.2) is 70.7 Å². The summed E-state index contributed by atoms with van der Waals surface area (Å²) in [7, 11) is 0. The number of hydrazone groups is 1. The number of carbonyl (C=O) groups excluding carboxylic acids is 1. The van der Waals surface area contributed by atoms with E-state index in [-0.39, 0.29) is 11.7 Å². The molecule has 0 aliphatic heterocycles. The minimum atomic E-state index is -0.281. The maximum Gasteiger partial charge on any atom is 0.240 e. The molecule has 0 aliphatic rings. The molecule has 0 aliphatic carbocycles. The zero-order chi connectivity index (χ0) is 19.9. The fourth-order valence-corrected chi connectivity index (χ4v) is 3.80. The van der Waals surface area contributed by atoms with Crippen LogP contribution in [0.25, 0.3) is 5.69 Å². The van der Waals surface area contributed by atoms with Gasteiger partial charge in [-0.2, -0.15) is 5.10 Å². The van der Waals surface area contributed by atoms with Crippen LogP contribution in [-0.2, 0) is 4.79 Å². The topological polar surface area (TPSA) is 46.4 Å². The third-order valence-electron chi connectivity index (χ3n) is 4.30. The highest BCUT2D eigenvalue weighted by Crippen LogP contribution is 2.22. The molecule has 0 spiro atoms. The van der Waals surface area contributed by atoms with Crippen LogP contribution >= 0.6 is 11.8 Å². The first kappa shape index (κ1) is 19.9. The van der Waals surface area contributed by atoms with E-state index in [1.54, 1.807) is 36.2 Å². The summed E-state index contributed by atoms with van der Waals surface area (Å²) in [6, 6.07) is 18.5. The lowest BCUT2D eigenvalue weighted by Gasteiger charge is -2.10. The van der Waals surface area contributed by atoms with Gasteiger partial charge < -0.3 is 4.57 Å². The highest BCUT2D eigenvalue weighted by atomic mass is 32.2. The molecule has 0 fully saturated rings. The molecule has 0 radical (unpaired) electrons. The normalized spacial score (nSPS) is 11.1. The number of hydrogen-bond acceptors (Lipinski definition) is 3. The van der Waals surface area contributed by atoms with Gasteiger partial charge in [0.2, 0.25) is 5.91 Å². The lowest BCUT2D eigenvalue weighted by molar-refractivity contribution is -0.120. The Morgan fingerprint density at radius 2 is 1.86 bits per heavy atom. The summed E-state index contributed by atoms with van der Waals surface area (Å²) in [5, 5.41) is 4.06. The molecule has 0 unspecified atom stereocenters. The molecular weight excluding hydrogens is 373 g/mol. The van der Waals surface area contributed by atoms with E-state index in [1.807, 2.05) is 54.8 Å². The van der Waals surface area contributed by atoms with Gasteiger partial charge in [-0.15, -0.1) is 11.8 Å². The van der Waals surface area contributed by atoms with Gasteiger partial charge in [-0.25, -0.2) is 9.82 Å². The number of nitrogens with zero attached hydrogens (tertiary/aromatic N) is 2. The summed E-state index contributed by atoms with van der Waals surface area (Å²) in [6.45, 7) is 3.81.